The van der Waals surface area contributed by atoms with Crippen LogP contribution in [0.15, 0.2) is 23.1 Å². The number of sulfonamides is 1. The van der Waals surface area contributed by atoms with Crippen LogP contribution in [0, 0.1) is 0 Å². The normalized spacial score (nSPS) is 20.4. The molecule has 2 rings (SSSR count). The molecule has 18 heavy (non-hydrogen) atoms. The van der Waals surface area contributed by atoms with Gasteiger partial charge < -0.3 is 4.74 Å². The predicted octanol–water partition coefficient (Wildman–Crippen LogP) is 1.61. The summed E-state index contributed by atoms with van der Waals surface area (Å²) in [6.45, 7) is 3.87. The molecule has 1 heterocycles. The van der Waals surface area contributed by atoms with Crippen LogP contribution in [0.4, 0.5) is 0 Å². The first-order valence-corrected chi connectivity index (χ1v) is 7.31. The summed E-state index contributed by atoms with van der Waals surface area (Å²) in [5.74, 6) is -0.504. The van der Waals surface area contributed by atoms with Gasteiger partial charge in [0.2, 0.25) is 10.0 Å². The van der Waals surface area contributed by atoms with Gasteiger partial charge in [0.1, 0.15) is 0 Å². The van der Waals surface area contributed by atoms with Gasteiger partial charge in [0.15, 0.2) is 0 Å². The molecular formula is C12H15NO4S. The Hall–Kier alpha value is -1.40. The van der Waals surface area contributed by atoms with Gasteiger partial charge in [-0.3, -0.25) is 0 Å². The van der Waals surface area contributed by atoms with Crippen LogP contribution in [0.25, 0.3) is 0 Å². The summed E-state index contributed by atoms with van der Waals surface area (Å²) in [5.41, 5.74) is 0.975. The molecule has 0 aliphatic carbocycles. The van der Waals surface area contributed by atoms with Crippen molar-refractivity contribution >= 4 is 16.0 Å². The highest BCUT2D eigenvalue weighted by Gasteiger charge is 2.33. The lowest BCUT2D eigenvalue weighted by molar-refractivity contribution is 0.0526. The predicted molar refractivity (Wildman–Crippen MR) is 65.8 cm³/mol. The molecule has 0 unspecified atom stereocenters. The number of ether oxygens (including phenoxy) is 1. The van der Waals surface area contributed by atoms with Crippen LogP contribution >= 0.6 is 0 Å². The fourth-order valence-corrected chi connectivity index (χ4v) is 3.61. The molecule has 5 nitrogen and oxygen atoms in total. The zero-order valence-electron chi connectivity index (χ0n) is 10.3. The number of fused-ring (bicyclic) bond motifs is 1. The largest absolute Gasteiger partial charge is 0.462 e. The van der Waals surface area contributed by atoms with Crippen molar-refractivity contribution in [1.82, 2.24) is 4.72 Å². The van der Waals surface area contributed by atoms with Crippen LogP contribution in [-0.4, -0.2) is 21.0 Å². The Bertz CT molecular complexity index is 580. The number of hydrogen-bond donors (Lipinski definition) is 1. The third kappa shape index (κ3) is 2.13. The summed E-state index contributed by atoms with van der Waals surface area (Å²) < 4.78 is 31.2. The van der Waals surface area contributed by atoms with Crippen LogP contribution in [0.1, 0.15) is 42.2 Å². The van der Waals surface area contributed by atoms with E-state index in [9.17, 15) is 13.2 Å². The fourth-order valence-electron chi connectivity index (χ4n) is 2.01. The van der Waals surface area contributed by atoms with Gasteiger partial charge in [-0.05, 0) is 31.0 Å². The van der Waals surface area contributed by atoms with Gasteiger partial charge in [-0.25, -0.2) is 17.9 Å². The van der Waals surface area contributed by atoms with E-state index in [1.807, 2.05) is 6.92 Å². The molecule has 6 heteroatoms. The molecule has 0 bridgehead atoms. The van der Waals surface area contributed by atoms with Gasteiger partial charge in [-0.1, -0.05) is 13.0 Å². The van der Waals surface area contributed by atoms with E-state index in [-0.39, 0.29) is 23.1 Å². The zero-order chi connectivity index (χ0) is 13.3. The lowest BCUT2D eigenvalue weighted by Gasteiger charge is -2.06. The van der Waals surface area contributed by atoms with Gasteiger partial charge in [0, 0.05) is 6.04 Å². The molecule has 1 aliphatic heterocycles. The van der Waals surface area contributed by atoms with Crippen molar-refractivity contribution < 1.29 is 17.9 Å². The van der Waals surface area contributed by atoms with Crippen molar-refractivity contribution in [3.63, 3.8) is 0 Å². The Morgan fingerprint density at radius 2 is 2.11 bits per heavy atom. The minimum Gasteiger partial charge on any atom is -0.462 e. The molecule has 1 aromatic rings. The number of esters is 1. The number of rotatable bonds is 3. The summed E-state index contributed by atoms with van der Waals surface area (Å²) in [6.07, 6.45) is 0.672. The fraction of sp³-hybridized carbons (Fsp3) is 0.417. The lowest BCUT2D eigenvalue weighted by atomic mass is 10.0. The zero-order valence-corrected chi connectivity index (χ0v) is 11.1. The van der Waals surface area contributed by atoms with E-state index < -0.39 is 16.0 Å². The Labute approximate surface area is 106 Å². The standard InChI is InChI=1S/C12H15NO4S/c1-3-10-9-6-5-8(12(14)17-4-2)7-11(9)18(15,16)13-10/h5-7,10,13H,3-4H2,1-2H3/t10-/m0/s1. The van der Waals surface area contributed by atoms with Crippen LogP contribution in [-0.2, 0) is 14.8 Å². The van der Waals surface area contributed by atoms with Crippen LogP contribution in [0.2, 0.25) is 0 Å². The Morgan fingerprint density at radius 1 is 1.39 bits per heavy atom. The highest BCUT2D eigenvalue weighted by molar-refractivity contribution is 7.89. The second kappa shape index (κ2) is 4.70. The van der Waals surface area contributed by atoms with Crippen LogP contribution in [0.5, 0.6) is 0 Å². The Balaban J connectivity index is 2.47. The average molecular weight is 269 g/mol. The van der Waals surface area contributed by atoms with Crippen molar-refractivity contribution in [1.29, 1.82) is 0 Å². The second-order valence-electron chi connectivity index (χ2n) is 4.06. The van der Waals surface area contributed by atoms with E-state index >= 15 is 0 Å². The second-order valence-corrected chi connectivity index (χ2v) is 5.74. The van der Waals surface area contributed by atoms with Crippen molar-refractivity contribution in [2.45, 2.75) is 31.2 Å². The van der Waals surface area contributed by atoms with E-state index in [4.69, 9.17) is 4.74 Å². The minimum atomic E-state index is -3.50. The third-order valence-electron chi connectivity index (χ3n) is 2.90. The smallest absolute Gasteiger partial charge is 0.338 e. The van der Waals surface area contributed by atoms with Crippen molar-refractivity contribution in [3.8, 4) is 0 Å². The number of carbonyl (C=O) groups excluding carboxylic acids is 1. The van der Waals surface area contributed by atoms with E-state index in [0.717, 1.165) is 0 Å². The molecule has 1 atom stereocenters. The first-order valence-electron chi connectivity index (χ1n) is 5.83. The molecule has 98 valence electrons. The molecule has 1 aliphatic rings. The van der Waals surface area contributed by atoms with Crippen molar-refractivity contribution in [2.75, 3.05) is 6.61 Å². The molecule has 0 fully saturated rings. The minimum absolute atomic E-state index is 0.180. The summed E-state index contributed by atoms with van der Waals surface area (Å²) in [7, 11) is -3.50. The molecule has 1 N–H and O–H groups in total. The Morgan fingerprint density at radius 3 is 2.72 bits per heavy atom. The molecule has 0 radical (unpaired) electrons. The maximum atomic E-state index is 11.9. The summed E-state index contributed by atoms with van der Waals surface area (Å²) in [5, 5.41) is 0. The summed E-state index contributed by atoms with van der Waals surface area (Å²) in [4.78, 5) is 11.7. The molecule has 0 spiro atoms. The number of hydrogen-bond acceptors (Lipinski definition) is 4. The lowest BCUT2D eigenvalue weighted by Crippen LogP contribution is -2.19. The highest BCUT2D eigenvalue weighted by atomic mass is 32.2. The van der Waals surface area contributed by atoms with E-state index in [1.54, 1.807) is 19.1 Å². The van der Waals surface area contributed by atoms with Gasteiger partial charge >= 0.3 is 5.97 Å². The van der Waals surface area contributed by atoms with Crippen LogP contribution in [0.3, 0.4) is 0 Å². The van der Waals surface area contributed by atoms with Gasteiger partial charge in [-0.15, -0.1) is 0 Å². The van der Waals surface area contributed by atoms with Gasteiger partial charge in [0.25, 0.3) is 0 Å². The molecule has 1 aromatic carbocycles. The van der Waals surface area contributed by atoms with E-state index in [2.05, 4.69) is 4.72 Å². The van der Waals surface area contributed by atoms with E-state index in [1.165, 1.54) is 6.07 Å². The van der Waals surface area contributed by atoms with Gasteiger partial charge in [-0.2, -0.15) is 0 Å². The third-order valence-corrected chi connectivity index (χ3v) is 4.42. The summed E-state index contributed by atoms with van der Waals surface area (Å²) in [6, 6.07) is 4.45. The molecule has 0 saturated carbocycles. The number of benzene rings is 1. The maximum Gasteiger partial charge on any atom is 0.338 e. The maximum absolute atomic E-state index is 11.9. The first-order chi connectivity index (χ1) is 8.49. The highest BCUT2D eigenvalue weighted by Crippen LogP contribution is 2.33. The first kappa shape index (κ1) is 13.0. The average Bonchev–Trinajstić information content (AvgIpc) is 2.61. The monoisotopic (exact) mass is 269 g/mol. The Kier molecular flexibility index (Phi) is 3.41. The number of carbonyl (C=O) groups is 1. The molecular weight excluding hydrogens is 254 g/mol. The van der Waals surface area contributed by atoms with E-state index in [0.29, 0.717) is 12.0 Å². The molecule has 0 amide bonds. The molecule has 0 aromatic heterocycles. The van der Waals surface area contributed by atoms with Crippen molar-refractivity contribution in [3.05, 3.63) is 29.3 Å². The quantitative estimate of drug-likeness (QED) is 0.846. The topological polar surface area (TPSA) is 72.5 Å². The number of nitrogens with one attached hydrogen (secondary N) is 1. The SMILES string of the molecule is CCOC(=O)c1ccc2c(c1)S(=O)(=O)N[C@H]2CC. The summed E-state index contributed by atoms with van der Waals surface area (Å²) >= 11 is 0. The van der Waals surface area contributed by atoms with Gasteiger partial charge in [0.05, 0.1) is 17.1 Å². The van der Waals surface area contributed by atoms with Crippen LogP contribution < -0.4 is 4.72 Å². The molecule has 0 saturated heterocycles. The van der Waals surface area contributed by atoms with Crippen molar-refractivity contribution in [2.24, 2.45) is 0 Å².